The fourth-order valence-electron chi connectivity index (χ4n) is 7.21. The Hall–Kier alpha value is -3.41. The van der Waals surface area contributed by atoms with E-state index in [1.165, 1.54) is 77.0 Å². The lowest BCUT2D eigenvalue weighted by atomic mass is 10.1. The lowest BCUT2D eigenvalue weighted by Crippen LogP contribution is -2.30. The first kappa shape index (κ1) is 61.6. The van der Waals surface area contributed by atoms with Gasteiger partial charge in [0.2, 0.25) is 0 Å². The van der Waals surface area contributed by atoms with E-state index in [2.05, 4.69) is 106 Å². The lowest BCUT2D eigenvalue weighted by Gasteiger charge is -2.18. The highest BCUT2D eigenvalue weighted by atomic mass is 16.6. The van der Waals surface area contributed by atoms with Crippen molar-refractivity contribution in [1.82, 2.24) is 0 Å². The standard InChI is InChI=1S/C59H100O6/c1-4-7-10-13-16-19-22-25-28-29-32-34-37-40-43-46-49-52-58(61)64-55-56(65-59(62)53-50-47-44-41-38-35-31-27-24-21-18-15-12-9-6-3)54-63-57(60)51-48-45-42-39-36-33-30-26-23-20-17-14-11-8-5-2/h16-21,25-28,30-32,34,56H,4-15,22-24,29,33,35-55H2,1-3H3. The number of rotatable bonds is 48. The Morgan fingerprint density at radius 3 is 0.862 bits per heavy atom. The molecule has 372 valence electrons. The van der Waals surface area contributed by atoms with E-state index < -0.39 is 6.10 Å². The topological polar surface area (TPSA) is 78.9 Å². The molecule has 1 unspecified atom stereocenters. The van der Waals surface area contributed by atoms with Crippen LogP contribution in [0.5, 0.6) is 0 Å². The Morgan fingerprint density at radius 2 is 0.554 bits per heavy atom. The van der Waals surface area contributed by atoms with E-state index in [4.69, 9.17) is 14.2 Å². The Balaban J connectivity index is 4.48. The first-order valence-electron chi connectivity index (χ1n) is 27.1. The SMILES string of the molecule is CCCCCC=CCC=CCC=CCCCCCCC(=O)OCC(COC(=O)CCCCCCCC=CCC=CCCCCC)OC(=O)CCCCCCCC=CCC=CCCCCC. The highest BCUT2D eigenvalue weighted by Crippen LogP contribution is 2.13. The zero-order valence-electron chi connectivity index (χ0n) is 42.5. The molecule has 1 atom stereocenters. The molecular formula is C59H100O6. The van der Waals surface area contributed by atoms with Gasteiger partial charge in [0.1, 0.15) is 13.2 Å². The molecular weight excluding hydrogens is 805 g/mol. The third-order valence-electron chi connectivity index (χ3n) is 11.3. The number of carbonyl (C=O) groups is 3. The number of esters is 3. The zero-order valence-corrected chi connectivity index (χ0v) is 42.5. The van der Waals surface area contributed by atoms with Crippen LogP contribution in [0, 0.1) is 0 Å². The zero-order chi connectivity index (χ0) is 47.2. The summed E-state index contributed by atoms with van der Waals surface area (Å²) in [6.45, 7) is 6.51. The Kier molecular flexibility index (Phi) is 50.4. The van der Waals surface area contributed by atoms with E-state index in [1.54, 1.807) is 0 Å². The molecule has 0 fully saturated rings. The Labute approximate surface area is 401 Å². The van der Waals surface area contributed by atoms with Gasteiger partial charge in [-0.3, -0.25) is 14.4 Å². The van der Waals surface area contributed by atoms with E-state index in [-0.39, 0.29) is 31.1 Å². The molecule has 0 N–H and O–H groups in total. The van der Waals surface area contributed by atoms with E-state index in [1.807, 2.05) is 0 Å². The molecule has 0 aromatic rings. The summed E-state index contributed by atoms with van der Waals surface area (Å²) in [4.78, 5) is 38.1. The number of unbranched alkanes of at least 4 members (excludes halogenated alkanes) is 23. The molecule has 6 nitrogen and oxygen atoms in total. The third-order valence-corrected chi connectivity index (χ3v) is 11.3. The normalized spacial score (nSPS) is 12.7. The second kappa shape index (κ2) is 53.2. The quantitative estimate of drug-likeness (QED) is 0.0262. The fourth-order valence-corrected chi connectivity index (χ4v) is 7.21. The minimum atomic E-state index is -0.799. The molecule has 0 amide bonds. The van der Waals surface area contributed by atoms with E-state index in [9.17, 15) is 14.4 Å². The minimum absolute atomic E-state index is 0.0975. The van der Waals surface area contributed by atoms with E-state index in [0.29, 0.717) is 19.3 Å². The van der Waals surface area contributed by atoms with Crippen LogP contribution in [0.25, 0.3) is 0 Å². The fraction of sp³-hybridized carbons (Fsp3) is 0.712. The van der Waals surface area contributed by atoms with Gasteiger partial charge < -0.3 is 14.2 Å². The molecule has 0 aliphatic heterocycles. The number of ether oxygens (including phenoxy) is 3. The third kappa shape index (κ3) is 51.4. The van der Waals surface area contributed by atoms with Gasteiger partial charge in [-0.2, -0.15) is 0 Å². The summed E-state index contributed by atoms with van der Waals surface area (Å²) in [5.74, 6) is -0.945. The predicted molar refractivity (Wildman–Crippen MR) is 279 cm³/mol. The summed E-state index contributed by atoms with van der Waals surface area (Å²) in [5.41, 5.74) is 0. The van der Waals surface area contributed by atoms with Gasteiger partial charge in [0.05, 0.1) is 0 Å². The van der Waals surface area contributed by atoms with Crippen molar-refractivity contribution in [2.24, 2.45) is 0 Å². The van der Waals surface area contributed by atoms with E-state index in [0.717, 1.165) is 135 Å². The number of allylic oxidation sites excluding steroid dienone is 14. The van der Waals surface area contributed by atoms with E-state index >= 15 is 0 Å². The number of hydrogen-bond acceptors (Lipinski definition) is 6. The van der Waals surface area contributed by atoms with Crippen LogP contribution in [0.1, 0.15) is 252 Å². The molecule has 0 saturated heterocycles. The van der Waals surface area contributed by atoms with Crippen LogP contribution in [0.4, 0.5) is 0 Å². The monoisotopic (exact) mass is 905 g/mol. The van der Waals surface area contributed by atoms with Gasteiger partial charge >= 0.3 is 17.9 Å². The van der Waals surface area contributed by atoms with Crippen LogP contribution in [0.3, 0.4) is 0 Å². The largest absolute Gasteiger partial charge is 0.462 e. The lowest BCUT2D eigenvalue weighted by molar-refractivity contribution is -0.167. The maximum Gasteiger partial charge on any atom is 0.306 e. The second-order valence-electron chi connectivity index (χ2n) is 17.8. The molecule has 0 bridgehead atoms. The average Bonchev–Trinajstić information content (AvgIpc) is 3.30. The predicted octanol–water partition coefficient (Wildman–Crippen LogP) is 18.0. The molecule has 0 aliphatic rings. The van der Waals surface area contributed by atoms with Crippen LogP contribution >= 0.6 is 0 Å². The van der Waals surface area contributed by atoms with Crippen molar-refractivity contribution in [2.45, 2.75) is 258 Å². The highest BCUT2D eigenvalue weighted by molar-refractivity contribution is 5.71. The molecule has 0 saturated carbocycles. The van der Waals surface area contributed by atoms with Gasteiger partial charge in [0.25, 0.3) is 0 Å². The van der Waals surface area contributed by atoms with Crippen molar-refractivity contribution in [3.63, 3.8) is 0 Å². The second-order valence-corrected chi connectivity index (χ2v) is 17.8. The van der Waals surface area contributed by atoms with Crippen LogP contribution < -0.4 is 0 Å². The molecule has 0 aromatic carbocycles. The smallest absolute Gasteiger partial charge is 0.306 e. The summed E-state index contributed by atoms with van der Waals surface area (Å²) in [6, 6.07) is 0. The van der Waals surface area contributed by atoms with Crippen LogP contribution in [-0.4, -0.2) is 37.2 Å². The molecule has 65 heavy (non-hydrogen) atoms. The molecule has 0 rings (SSSR count). The first-order valence-corrected chi connectivity index (χ1v) is 27.1. The summed E-state index contributed by atoms with van der Waals surface area (Å²) >= 11 is 0. The Bertz CT molecular complexity index is 1270. The van der Waals surface area contributed by atoms with Crippen molar-refractivity contribution in [3.8, 4) is 0 Å². The Morgan fingerprint density at radius 1 is 0.308 bits per heavy atom. The maximum absolute atomic E-state index is 12.8. The highest BCUT2D eigenvalue weighted by Gasteiger charge is 2.19. The van der Waals surface area contributed by atoms with Gasteiger partial charge in [-0.25, -0.2) is 0 Å². The van der Waals surface area contributed by atoms with Crippen molar-refractivity contribution in [1.29, 1.82) is 0 Å². The average molecular weight is 905 g/mol. The molecule has 6 heteroatoms. The molecule has 0 heterocycles. The molecule has 0 aromatic heterocycles. The van der Waals surface area contributed by atoms with Crippen molar-refractivity contribution >= 4 is 17.9 Å². The molecule has 0 spiro atoms. The first-order chi connectivity index (χ1) is 32.0. The van der Waals surface area contributed by atoms with Crippen LogP contribution in [-0.2, 0) is 28.6 Å². The maximum atomic E-state index is 12.8. The minimum Gasteiger partial charge on any atom is -0.462 e. The molecule has 0 aliphatic carbocycles. The van der Waals surface area contributed by atoms with Gasteiger partial charge in [-0.05, 0) is 122 Å². The van der Waals surface area contributed by atoms with Crippen molar-refractivity contribution in [3.05, 3.63) is 85.1 Å². The van der Waals surface area contributed by atoms with Gasteiger partial charge in [-0.15, -0.1) is 0 Å². The van der Waals surface area contributed by atoms with Crippen LogP contribution in [0.2, 0.25) is 0 Å². The molecule has 0 radical (unpaired) electrons. The summed E-state index contributed by atoms with van der Waals surface area (Å²) in [7, 11) is 0. The van der Waals surface area contributed by atoms with Crippen LogP contribution in [0.15, 0.2) is 85.1 Å². The number of hydrogen-bond donors (Lipinski definition) is 0. The van der Waals surface area contributed by atoms with Gasteiger partial charge in [-0.1, -0.05) is 196 Å². The van der Waals surface area contributed by atoms with Gasteiger partial charge in [0, 0.05) is 19.3 Å². The van der Waals surface area contributed by atoms with Gasteiger partial charge in [0.15, 0.2) is 6.10 Å². The summed E-state index contributed by atoms with van der Waals surface area (Å²) in [5, 5.41) is 0. The summed E-state index contributed by atoms with van der Waals surface area (Å²) < 4.78 is 16.8. The van der Waals surface area contributed by atoms with Crippen molar-refractivity contribution in [2.75, 3.05) is 13.2 Å². The number of carbonyl (C=O) groups excluding carboxylic acids is 3. The summed E-state index contributed by atoms with van der Waals surface area (Å²) in [6.07, 6.45) is 68.4. The van der Waals surface area contributed by atoms with Crippen molar-refractivity contribution < 1.29 is 28.6 Å².